The Morgan fingerprint density at radius 3 is 0.953 bits per heavy atom. The van der Waals surface area contributed by atoms with Crippen molar-refractivity contribution < 1.29 is 0 Å². The third-order valence-electron chi connectivity index (χ3n) is 13.8. The molecule has 0 aromatic rings. The predicted octanol–water partition coefficient (Wildman–Crippen LogP) is -21.6. The van der Waals surface area contributed by atoms with Gasteiger partial charge >= 0.3 is 107 Å². The van der Waals surface area contributed by atoms with Crippen LogP contribution in [0.5, 0.6) is 0 Å². The van der Waals surface area contributed by atoms with Crippen molar-refractivity contribution >= 4 is 221 Å². The van der Waals surface area contributed by atoms with E-state index in [-0.39, 0.29) is 135 Å². The number of fused-ring (bicyclic) bond motifs is 4. The normalized spacial score (nSPS) is 24.3. The maximum Gasteiger partial charge on any atom is 0.401 e. The Hall–Kier alpha value is 1.19. The lowest BCUT2D eigenvalue weighted by Crippen LogP contribution is -3.04. The highest BCUT2D eigenvalue weighted by atomic mass is 28.2. The average molecular weight is 1040 g/mol. The van der Waals surface area contributed by atoms with Gasteiger partial charge in [0, 0.05) is 0 Å². The van der Waals surface area contributed by atoms with Crippen molar-refractivity contribution in [2.75, 3.05) is 14.1 Å². The van der Waals surface area contributed by atoms with Gasteiger partial charge in [-0.15, -0.1) is 18.5 Å². The topological polar surface area (TPSA) is 361 Å². The minimum atomic E-state index is -0.596. The molecule has 24 N–H and O–H groups in total. The fourth-order valence-corrected chi connectivity index (χ4v) is 22.2. The maximum atomic E-state index is 6.73. The third kappa shape index (κ3) is 10.4. The zero-order chi connectivity index (χ0) is 48.4. The van der Waals surface area contributed by atoms with Crippen molar-refractivity contribution in [3.63, 3.8) is 0 Å². The summed E-state index contributed by atoms with van der Waals surface area (Å²) in [5.74, 6) is 0. The number of rotatable bonds is 11. The molecule has 342 valence electrons. The Morgan fingerprint density at radius 2 is 0.562 bits per heavy atom. The van der Waals surface area contributed by atoms with E-state index >= 15 is 0 Å². The van der Waals surface area contributed by atoms with E-state index in [2.05, 4.69) is 118 Å². The first-order valence-corrected chi connectivity index (χ1v) is 40.9. The highest BCUT2D eigenvalue weighted by Crippen LogP contribution is 2.33. The van der Waals surface area contributed by atoms with Crippen molar-refractivity contribution in [3.05, 3.63) is 0 Å². The van der Waals surface area contributed by atoms with Crippen molar-refractivity contribution in [1.29, 1.82) is 0 Å². The average Bonchev–Trinajstić information content (AvgIpc) is 3.26. The molecule has 0 atom stereocenters. The number of hydrogen-bond acceptors (Lipinski definition) is 27. The summed E-state index contributed by atoms with van der Waals surface area (Å²) in [4.78, 5) is 0. The summed E-state index contributed by atoms with van der Waals surface area (Å²) in [6.45, 7) is 15.6. The molecule has 0 bridgehead atoms. The minimum absolute atomic E-state index is 0.0665. The van der Waals surface area contributed by atoms with E-state index in [0.29, 0.717) is 0 Å². The lowest BCUT2D eigenvalue weighted by atomic mass is 9.35. The number of hydrogen-bond donors (Lipinski definition) is 12. The van der Waals surface area contributed by atoms with Crippen LogP contribution in [0.25, 0.3) is 0 Å². The van der Waals surface area contributed by atoms with E-state index in [1.54, 1.807) is 0 Å². The fraction of sp³-hybridized carbons (Fsp3) is 0.750. The van der Waals surface area contributed by atoms with Crippen molar-refractivity contribution in [2.45, 2.75) is 45.8 Å². The van der Waals surface area contributed by atoms with Crippen LogP contribution in [0.2, 0.25) is 45.8 Å². The fourth-order valence-electron chi connectivity index (χ4n) is 9.90. The van der Waals surface area contributed by atoms with Crippen molar-refractivity contribution in [1.82, 2.24) is 67.2 Å². The van der Waals surface area contributed by atoms with Gasteiger partial charge in [-0.1, -0.05) is 45.8 Å². The molecule has 0 amide bonds. The Kier molecular flexibility index (Phi) is 22.6. The lowest BCUT2D eigenvalue weighted by Gasteiger charge is -2.70. The second-order valence-corrected chi connectivity index (χ2v) is 28.8. The molecule has 0 saturated carbocycles. The van der Waals surface area contributed by atoms with Crippen molar-refractivity contribution in [2.24, 2.45) is 67.7 Å². The summed E-state index contributed by atoms with van der Waals surface area (Å²) in [6.07, 6.45) is 12.1. The summed E-state index contributed by atoms with van der Waals surface area (Å²) < 4.78 is 33.1. The van der Waals surface area contributed by atoms with Crippen LogP contribution in [0.4, 0.5) is 0 Å². The first kappa shape index (κ1) is 57.8. The van der Waals surface area contributed by atoms with Crippen LogP contribution in [-0.4, -0.2) is 302 Å². The van der Waals surface area contributed by atoms with E-state index in [1.165, 1.54) is 0 Å². The summed E-state index contributed by atoms with van der Waals surface area (Å²) in [6, 6.07) is 0. The largest absolute Gasteiger partial charge is 0.448 e. The van der Waals surface area contributed by atoms with Gasteiger partial charge in [0.05, 0.1) is 95.6 Å². The molecule has 52 heteroatoms. The minimum Gasteiger partial charge on any atom is -0.448 e. The standard InChI is InChI=1S/C5H33B6N11Si5.C4H24B6N10Si3.C3H17B3N6Si2/c1-23-18-6(12)17(7(13)19(24-2)8(18)14)11-21(26-4)9(15)20(25-3)10(16)22(11)27-5;1-15-5(11)16-9(19(22-3)6(15)12)17-7(13)18(21-2)8(14)20(23-4)10(16)17;1-10-4(7)11(13-2)6(9)12(14-3)5(10)8/h23H,1,12-16,24-27H2,2-5H3;21H,2,11-14,22-23H2,1,3-4H3;13H,2,7-9,14H2,1,3H3. The van der Waals surface area contributed by atoms with Crippen LogP contribution in [0.3, 0.4) is 0 Å². The zero-order valence-electron chi connectivity index (χ0n) is 40.1. The lowest BCUT2D eigenvalue weighted by molar-refractivity contribution is 0.484. The van der Waals surface area contributed by atoms with Gasteiger partial charge in [-0.2, -0.15) is 0 Å². The molecule has 0 unspecified atom stereocenters. The highest BCUT2D eigenvalue weighted by Gasteiger charge is 2.71. The summed E-state index contributed by atoms with van der Waals surface area (Å²) >= 11 is 0. The molecule has 0 aromatic heterocycles. The predicted molar refractivity (Wildman–Crippen MR) is 320 cm³/mol. The SMILES string of the molecule is C=[SiH]N1B(N)N(C)B(N)N([SiH2]C)B1N.C=[SiH]N1B(N)N([SiH2]C)B(N)N(B2N([SiH2]C)B(N)N([SiH2]C)B(N)N2[SiH2]C)B1N.C=[SiH]N1B(N)N([SiH2]C)B2N3B(N)N(C)B(N)N([SiH2]C)B3N2B1N. The molecule has 0 radical (unpaired) electrons. The first-order valence-electron chi connectivity index (χ1n) is 22.6. The third-order valence-corrected chi connectivity index (χ3v) is 27.1. The van der Waals surface area contributed by atoms with Crippen LogP contribution in [0, 0.1) is 0 Å². The smallest absolute Gasteiger partial charge is 0.401 e. The molecule has 6 saturated heterocycles. The highest BCUT2D eigenvalue weighted by molar-refractivity contribution is 7.13. The van der Waals surface area contributed by atoms with Crippen LogP contribution < -0.4 is 67.7 Å². The van der Waals surface area contributed by atoms with Gasteiger partial charge in [-0.05, 0) is 14.1 Å². The molecule has 6 aliphatic rings. The van der Waals surface area contributed by atoms with Crippen LogP contribution in [-0.2, 0) is 0 Å². The molecule has 6 rings (SSSR count). The van der Waals surface area contributed by atoms with Gasteiger partial charge in [-0.25, -0.2) is 0 Å². The number of nitrogens with two attached hydrogens (primary N) is 12. The van der Waals surface area contributed by atoms with Crippen molar-refractivity contribution in [3.8, 4) is 0 Å². The molecule has 0 spiro atoms. The summed E-state index contributed by atoms with van der Waals surface area (Å²) in [5, 5.41) is 0. The molecule has 64 heavy (non-hydrogen) atoms. The van der Waals surface area contributed by atoms with E-state index in [0.717, 1.165) is 0 Å². The Morgan fingerprint density at radius 1 is 0.297 bits per heavy atom. The quantitative estimate of drug-likeness (QED) is 0.0855. The van der Waals surface area contributed by atoms with Gasteiger partial charge in [0.2, 0.25) is 0 Å². The van der Waals surface area contributed by atoms with Gasteiger partial charge in [0.1, 0.15) is 0 Å². The molecule has 6 aliphatic heterocycles. The molecule has 0 aromatic carbocycles. The van der Waals surface area contributed by atoms with Gasteiger partial charge in [0.15, 0.2) is 0 Å². The first-order chi connectivity index (χ1) is 30.2. The van der Waals surface area contributed by atoms with E-state index < -0.39 is 67.8 Å². The van der Waals surface area contributed by atoms with Crippen LogP contribution >= 0.6 is 0 Å². The van der Waals surface area contributed by atoms with Gasteiger partial charge < -0.3 is 135 Å². The van der Waals surface area contributed by atoms with E-state index in [9.17, 15) is 0 Å². The molecule has 0 aliphatic carbocycles. The van der Waals surface area contributed by atoms with Gasteiger partial charge in [0.25, 0.3) is 0 Å². The summed E-state index contributed by atoms with van der Waals surface area (Å²) in [7, 11) is -2.92. The molecular formula is C12H74B15N27Si10. The molecular weight excluding hydrogens is 965 g/mol. The molecule has 6 heterocycles. The Labute approximate surface area is 413 Å². The summed E-state index contributed by atoms with van der Waals surface area (Å²) in [5.41, 5.74) is 77.2. The Balaban J connectivity index is 0.000000221. The van der Waals surface area contributed by atoms with Crippen LogP contribution in [0.15, 0.2) is 0 Å². The second-order valence-electron chi connectivity index (χ2n) is 16.4. The second kappa shape index (κ2) is 25.0. The maximum absolute atomic E-state index is 6.73. The molecule has 27 nitrogen and oxygen atoms in total. The van der Waals surface area contributed by atoms with E-state index in [1.807, 2.05) is 27.9 Å². The number of nitrogens with zero attached hydrogens (tertiary/aromatic N) is 15. The van der Waals surface area contributed by atoms with E-state index in [4.69, 9.17) is 67.7 Å². The van der Waals surface area contributed by atoms with Crippen LogP contribution in [0.1, 0.15) is 0 Å². The Bertz CT molecular complexity index is 1520. The van der Waals surface area contributed by atoms with Gasteiger partial charge in [-0.3, -0.25) is 0 Å². The molecule has 6 fully saturated rings. The monoisotopic (exact) mass is 1040 g/mol. The zero-order valence-corrected chi connectivity index (χ0v) is 53.5.